The van der Waals surface area contributed by atoms with Crippen molar-refractivity contribution >= 4 is 47.1 Å². The second-order valence-electron chi connectivity index (χ2n) is 8.74. The molecule has 190 valence electrons. The van der Waals surface area contributed by atoms with Gasteiger partial charge < -0.3 is 0 Å². The van der Waals surface area contributed by atoms with Gasteiger partial charge in [0.05, 0.1) is 11.4 Å². The quantitative estimate of drug-likeness (QED) is 0.481. The Kier molecular flexibility index (Phi) is 6.48. The number of carbonyl (C=O) groups excluding carboxylic acids is 6. The van der Waals surface area contributed by atoms with Crippen molar-refractivity contribution in [2.45, 2.75) is 12.8 Å². The lowest BCUT2D eigenvalue weighted by Gasteiger charge is -2.30. The van der Waals surface area contributed by atoms with E-state index in [0.717, 1.165) is 9.80 Å². The van der Waals surface area contributed by atoms with E-state index in [2.05, 4.69) is 15.6 Å². The molecule has 11 heteroatoms. The number of pyridine rings is 1. The molecule has 2 unspecified atom stereocenters. The topological polar surface area (TPSA) is 146 Å². The third-order valence-corrected chi connectivity index (χ3v) is 6.26. The van der Waals surface area contributed by atoms with E-state index >= 15 is 0 Å². The Bertz CT molecular complexity index is 1350. The highest BCUT2D eigenvalue weighted by molar-refractivity contribution is 6.28. The van der Waals surface area contributed by atoms with Gasteiger partial charge in [-0.25, -0.2) is 19.4 Å². The van der Waals surface area contributed by atoms with Gasteiger partial charge in [0.15, 0.2) is 0 Å². The van der Waals surface area contributed by atoms with Crippen LogP contribution in [0, 0.1) is 11.8 Å². The van der Waals surface area contributed by atoms with Crippen LogP contribution in [0.3, 0.4) is 0 Å². The predicted octanol–water partition coefficient (Wildman–Crippen LogP) is 1.97. The largest absolute Gasteiger partial charge is 0.335 e. The highest BCUT2D eigenvalue weighted by Crippen LogP contribution is 2.24. The van der Waals surface area contributed by atoms with Crippen LogP contribution in [0.2, 0.25) is 0 Å². The van der Waals surface area contributed by atoms with Crippen molar-refractivity contribution in [1.29, 1.82) is 0 Å². The van der Waals surface area contributed by atoms with E-state index in [0.29, 0.717) is 22.8 Å². The van der Waals surface area contributed by atoms with Crippen LogP contribution in [0.25, 0.3) is 0 Å². The Morgan fingerprint density at radius 2 is 0.947 bits per heavy atom. The number of rotatable bonds is 6. The van der Waals surface area contributed by atoms with Gasteiger partial charge in [-0.05, 0) is 36.4 Å². The van der Waals surface area contributed by atoms with E-state index in [1.54, 1.807) is 78.9 Å². The van der Waals surface area contributed by atoms with Crippen LogP contribution < -0.4 is 20.4 Å². The van der Waals surface area contributed by atoms with E-state index in [1.165, 1.54) is 0 Å². The number of para-hydroxylation sites is 2. The van der Waals surface area contributed by atoms with Crippen molar-refractivity contribution in [1.82, 2.24) is 15.6 Å². The zero-order valence-corrected chi connectivity index (χ0v) is 19.9. The fourth-order valence-corrected chi connectivity index (χ4v) is 4.41. The number of amides is 8. The molecular formula is C27H21N5O6. The van der Waals surface area contributed by atoms with Gasteiger partial charge in [-0.2, -0.15) is 0 Å². The van der Waals surface area contributed by atoms with E-state index in [4.69, 9.17) is 0 Å². The molecule has 38 heavy (non-hydrogen) atoms. The van der Waals surface area contributed by atoms with Gasteiger partial charge in [0.2, 0.25) is 23.6 Å². The van der Waals surface area contributed by atoms with E-state index < -0.39 is 47.5 Å². The summed E-state index contributed by atoms with van der Waals surface area (Å²) >= 11 is 0. The minimum Gasteiger partial charge on any atom is -0.277 e. The summed E-state index contributed by atoms with van der Waals surface area (Å²) in [5.41, 5.74) is 1.37. The Balaban J connectivity index is 1.35. The second kappa shape index (κ2) is 10.1. The molecular weight excluding hydrogens is 490 g/mol. The van der Waals surface area contributed by atoms with Crippen LogP contribution in [0.1, 0.15) is 11.4 Å². The van der Waals surface area contributed by atoms with Crippen molar-refractivity contribution in [2.24, 2.45) is 11.8 Å². The molecule has 2 N–H and O–H groups in total. The van der Waals surface area contributed by atoms with E-state index in [9.17, 15) is 28.8 Å². The number of aromatic nitrogens is 1. The average Bonchev–Trinajstić information content (AvgIpc) is 2.90. The Morgan fingerprint density at radius 1 is 0.553 bits per heavy atom. The number of urea groups is 2. The van der Waals surface area contributed by atoms with Crippen LogP contribution in [-0.4, -0.2) is 40.7 Å². The van der Waals surface area contributed by atoms with E-state index in [-0.39, 0.29) is 12.8 Å². The molecule has 2 aliphatic heterocycles. The van der Waals surface area contributed by atoms with Gasteiger partial charge in [0, 0.05) is 24.2 Å². The van der Waals surface area contributed by atoms with Gasteiger partial charge in [-0.1, -0.05) is 42.5 Å². The zero-order chi connectivity index (χ0) is 26.8. The zero-order valence-electron chi connectivity index (χ0n) is 19.9. The molecule has 0 bridgehead atoms. The van der Waals surface area contributed by atoms with Crippen LogP contribution in [0.4, 0.5) is 21.0 Å². The van der Waals surface area contributed by atoms with Crippen LogP contribution >= 0.6 is 0 Å². The highest BCUT2D eigenvalue weighted by Gasteiger charge is 2.43. The molecule has 5 rings (SSSR count). The first-order chi connectivity index (χ1) is 18.3. The summed E-state index contributed by atoms with van der Waals surface area (Å²) in [6.07, 6.45) is -0.205. The van der Waals surface area contributed by atoms with Gasteiger partial charge >= 0.3 is 12.1 Å². The number of hydrogen-bond donors (Lipinski definition) is 2. The van der Waals surface area contributed by atoms with Crippen LogP contribution in [-0.2, 0) is 32.0 Å². The summed E-state index contributed by atoms with van der Waals surface area (Å²) in [5.74, 6) is -5.26. The molecule has 8 amide bonds. The first kappa shape index (κ1) is 24.5. The lowest BCUT2D eigenvalue weighted by molar-refractivity contribution is -0.135. The molecule has 3 heterocycles. The summed E-state index contributed by atoms with van der Waals surface area (Å²) in [7, 11) is 0. The maximum absolute atomic E-state index is 13.1. The second-order valence-corrected chi connectivity index (χ2v) is 8.74. The van der Waals surface area contributed by atoms with Gasteiger partial charge in [0.25, 0.3) is 0 Å². The number of carbonyl (C=O) groups is 6. The number of barbiturate groups is 2. The number of benzene rings is 2. The SMILES string of the molecule is O=C1NC(=O)N(c2ccccc2)C(=O)C1Cc1cccc(CC2C(=O)NC(=O)N(c3ccccc3)C2=O)n1. The number of anilines is 2. The molecule has 3 aromatic rings. The van der Waals surface area contributed by atoms with Crippen molar-refractivity contribution < 1.29 is 28.8 Å². The third-order valence-electron chi connectivity index (χ3n) is 6.26. The van der Waals surface area contributed by atoms with Crippen LogP contribution in [0.15, 0.2) is 78.9 Å². The lowest BCUT2D eigenvalue weighted by Crippen LogP contribution is -2.59. The molecule has 0 radical (unpaired) electrons. The fraction of sp³-hybridized carbons (Fsp3) is 0.148. The molecule has 2 aliphatic rings. The van der Waals surface area contributed by atoms with Crippen molar-refractivity contribution in [3.63, 3.8) is 0 Å². The third kappa shape index (κ3) is 4.64. The average molecular weight is 511 g/mol. The molecule has 0 saturated carbocycles. The molecule has 0 aliphatic carbocycles. The summed E-state index contributed by atoms with van der Waals surface area (Å²) in [6.45, 7) is 0. The van der Waals surface area contributed by atoms with Crippen molar-refractivity contribution in [3.05, 3.63) is 90.3 Å². The van der Waals surface area contributed by atoms with Gasteiger partial charge in [-0.3, -0.25) is 34.8 Å². The van der Waals surface area contributed by atoms with Gasteiger partial charge in [-0.15, -0.1) is 0 Å². The molecule has 2 fully saturated rings. The number of nitrogens with zero attached hydrogens (tertiary/aromatic N) is 3. The van der Waals surface area contributed by atoms with Gasteiger partial charge in [0.1, 0.15) is 11.8 Å². The lowest BCUT2D eigenvalue weighted by atomic mass is 9.96. The summed E-state index contributed by atoms with van der Waals surface area (Å²) in [6, 6.07) is 19.7. The standard InChI is InChI=1S/C27H21N5O6/c33-22-20(24(35)31(26(37)29-22)18-10-3-1-4-11-18)14-16-8-7-9-17(28-16)15-21-23(34)30-27(38)32(25(21)36)19-12-5-2-6-13-19/h1-13,20-21H,14-15H2,(H,29,33,37)(H,30,34,38). The normalized spacial score (nSPS) is 19.9. The summed E-state index contributed by atoms with van der Waals surface area (Å²) in [5, 5.41) is 4.42. The fourth-order valence-electron chi connectivity index (χ4n) is 4.41. The van der Waals surface area contributed by atoms with Crippen molar-refractivity contribution in [2.75, 3.05) is 9.80 Å². The summed E-state index contributed by atoms with van der Waals surface area (Å²) in [4.78, 5) is 82.3. The van der Waals surface area contributed by atoms with E-state index in [1.807, 2.05) is 0 Å². The Labute approximate surface area is 216 Å². The maximum atomic E-state index is 13.1. The minimum absolute atomic E-state index is 0.103. The molecule has 2 saturated heterocycles. The predicted molar refractivity (Wildman–Crippen MR) is 134 cm³/mol. The number of imide groups is 4. The smallest absolute Gasteiger partial charge is 0.277 e. The number of nitrogens with one attached hydrogen (secondary N) is 2. The molecule has 2 atom stereocenters. The summed E-state index contributed by atoms with van der Waals surface area (Å²) < 4.78 is 0. The molecule has 0 spiro atoms. The molecule has 2 aromatic carbocycles. The first-order valence-corrected chi connectivity index (χ1v) is 11.8. The minimum atomic E-state index is -1.21. The monoisotopic (exact) mass is 511 g/mol. The Hall–Kier alpha value is -5.19. The maximum Gasteiger partial charge on any atom is 0.335 e. The first-order valence-electron chi connectivity index (χ1n) is 11.8. The molecule has 1 aromatic heterocycles. The number of hydrogen-bond acceptors (Lipinski definition) is 7. The Morgan fingerprint density at radius 3 is 1.34 bits per heavy atom. The molecule has 11 nitrogen and oxygen atoms in total. The van der Waals surface area contributed by atoms with Crippen molar-refractivity contribution in [3.8, 4) is 0 Å². The highest BCUT2D eigenvalue weighted by atomic mass is 16.2. The van der Waals surface area contributed by atoms with Crippen LogP contribution in [0.5, 0.6) is 0 Å².